The Morgan fingerprint density at radius 2 is 1.49 bits per heavy atom. The van der Waals surface area contributed by atoms with Crippen molar-refractivity contribution in [2.75, 3.05) is 5.32 Å². The molecule has 0 aliphatic rings. The largest absolute Gasteiger partial charge is 0.481 e. The molecule has 216 valence electrons. The van der Waals surface area contributed by atoms with Crippen molar-refractivity contribution >= 4 is 17.6 Å². The van der Waals surface area contributed by atoms with Crippen molar-refractivity contribution in [3.8, 4) is 5.69 Å². The summed E-state index contributed by atoms with van der Waals surface area (Å²) in [4.78, 5) is 36.6. The molecule has 2 rings (SSSR count). The second-order valence-electron chi connectivity index (χ2n) is 10.5. The number of allylic oxidation sites excluding steroid dienone is 2. The molecule has 0 radical (unpaired) electrons. The highest BCUT2D eigenvalue weighted by molar-refractivity contribution is 5.94. The lowest BCUT2D eigenvalue weighted by Crippen LogP contribution is -2.25. The third-order valence-corrected chi connectivity index (χ3v) is 7.22. The van der Waals surface area contributed by atoms with Gasteiger partial charge in [-0.2, -0.15) is 0 Å². The normalized spacial score (nSPS) is 12.2. The third kappa shape index (κ3) is 11.7. The predicted octanol–water partition coefficient (Wildman–Crippen LogP) is 7.64. The highest BCUT2D eigenvalue weighted by atomic mass is 16.4. The first-order valence-corrected chi connectivity index (χ1v) is 14.9. The molecule has 0 spiro atoms. The lowest BCUT2D eigenvalue weighted by molar-refractivity contribution is -0.140. The number of anilines is 1. The Balaban J connectivity index is 1.75. The molecule has 39 heavy (non-hydrogen) atoms. The summed E-state index contributed by atoms with van der Waals surface area (Å²) in [6.07, 6.45) is 19.5. The van der Waals surface area contributed by atoms with Crippen LogP contribution in [0.25, 0.3) is 5.69 Å². The van der Waals surface area contributed by atoms with Crippen LogP contribution in [0.5, 0.6) is 0 Å². The van der Waals surface area contributed by atoms with Crippen LogP contribution in [0.3, 0.4) is 0 Å². The van der Waals surface area contributed by atoms with Gasteiger partial charge in [0.2, 0.25) is 5.91 Å². The van der Waals surface area contributed by atoms with Gasteiger partial charge in [-0.05, 0) is 57.4 Å². The van der Waals surface area contributed by atoms with E-state index >= 15 is 0 Å². The maximum absolute atomic E-state index is 12.9. The number of carboxylic acid groups (broad SMARTS) is 1. The van der Waals surface area contributed by atoms with Crippen molar-refractivity contribution in [1.82, 2.24) is 9.36 Å². The molecule has 1 amide bonds. The van der Waals surface area contributed by atoms with E-state index in [0.717, 1.165) is 18.5 Å². The lowest BCUT2D eigenvalue weighted by Gasteiger charge is -2.15. The van der Waals surface area contributed by atoms with Gasteiger partial charge in [0.15, 0.2) is 0 Å². The van der Waals surface area contributed by atoms with Crippen LogP contribution in [0.2, 0.25) is 0 Å². The van der Waals surface area contributed by atoms with Gasteiger partial charge in [-0.3, -0.25) is 19.1 Å². The number of unbranched alkanes of at least 4 members (excludes halogenated alkanes) is 11. The van der Waals surface area contributed by atoms with Gasteiger partial charge in [0.1, 0.15) is 0 Å². The van der Waals surface area contributed by atoms with E-state index < -0.39 is 11.9 Å². The van der Waals surface area contributed by atoms with Crippen molar-refractivity contribution in [3.05, 3.63) is 58.5 Å². The summed E-state index contributed by atoms with van der Waals surface area (Å²) in [5, 5.41) is 12.2. The molecule has 0 aliphatic heterocycles. The number of aryl methyl sites for hydroxylation is 1. The molecular formula is C32H49N3O4. The Labute approximate surface area is 234 Å². The topological polar surface area (TPSA) is 93.3 Å². The molecule has 2 N–H and O–H groups in total. The quantitative estimate of drug-likeness (QED) is 0.133. The summed E-state index contributed by atoms with van der Waals surface area (Å²) in [7, 11) is 0. The predicted molar refractivity (Wildman–Crippen MR) is 160 cm³/mol. The average Bonchev–Trinajstić information content (AvgIpc) is 3.20. The summed E-state index contributed by atoms with van der Waals surface area (Å²) < 4.78 is 3.50. The number of hydrogen-bond donors (Lipinski definition) is 2. The first kappa shape index (κ1) is 32.1. The summed E-state index contributed by atoms with van der Waals surface area (Å²) >= 11 is 0. The first-order chi connectivity index (χ1) is 18.9. The van der Waals surface area contributed by atoms with Crippen LogP contribution in [-0.2, 0) is 16.1 Å². The van der Waals surface area contributed by atoms with Crippen molar-refractivity contribution in [2.24, 2.45) is 5.92 Å². The number of carbonyl (C=O) groups is 2. The number of hydrogen-bond acceptors (Lipinski definition) is 3. The van der Waals surface area contributed by atoms with Crippen molar-refractivity contribution in [3.63, 3.8) is 0 Å². The van der Waals surface area contributed by atoms with Crippen LogP contribution in [0.15, 0.2) is 47.3 Å². The Bertz CT molecular complexity index is 1080. The Hall–Kier alpha value is -3.09. The van der Waals surface area contributed by atoms with E-state index in [0.29, 0.717) is 24.3 Å². The summed E-state index contributed by atoms with van der Waals surface area (Å²) in [5.41, 5.74) is 2.06. The molecule has 1 atom stereocenters. The Kier molecular flexibility index (Phi) is 15.0. The van der Waals surface area contributed by atoms with Gasteiger partial charge in [0, 0.05) is 24.0 Å². The fourth-order valence-corrected chi connectivity index (χ4v) is 4.98. The van der Waals surface area contributed by atoms with E-state index in [1.807, 2.05) is 24.6 Å². The molecule has 0 bridgehead atoms. The minimum Gasteiger partial charge on any atom is -0.481 e. The number of nitrogens with zero attached hydrogens (tertiary/aromatic N) is 2. The molecule has 0 unspecified atom stereocenters. The van der Waals surface area contributed by atoms with E-state index in [-0.39, 0.29) is 17.9 Å². The number of nitrogens with one attached hydrogen (secondary N) is 1. The minimum absolute atomic E-state index is 0.104. The van der Waals surface area contributed by atoms with Gasteiger partial charge in [-0.15, -0.1) is 0 Å². The SMILES string of the molecule is CCCCCCCCCCCCC/C=C/C[C@H](CC(=O)O)C(=O)Nc1ccc(-n2c(=O)cc(C)n2CC)cc1. The number of aromatic nitrogens is 2. The summed E-state index contributed by atoms with van der Waals surface area (Å²) in [6, 6.07) is 8.63. The minimum atomic E-state index is -0.987. The van der Waals surface area contributed by atoms with E-state index in [1.165, 1.54) is 64.2 Å². The zero-order chi connectivity index (χ0) is 28.5. The van der Waals surface area contributed by atoms with Crippen LogP contribution in [0.4, 0.5) is 5.69 Å². The molecule has 0 aliphatic carbocycles. The van der Waals surface area contributed by atoms with Crippen molar-refractivity contribution in [1.29, 1.82) is 0 Å². The van der Waals surface area contributed by atoms with Crippen LogP contribution < -0.4 is 10.9 Å². The zero-order valence-electron chi connectivity index (χ0n) is 24.3. The molecule has 0 fully saturated rings. The molecular weight excluding hydrogens is 490 g/mol. The number of aliphatic carboxylic acids is 1. The van der Waals surface area contributed by atoms with E-state index in [1.54, 1.807) is 35.0 Å². The van der Waals surface area contributed by atoms with E-state index in [9.17, 15) is 19.5 Å². The molecule has 7 nitrogen and oxygen atoms in total. The van der Waals surface area contributed by atoms with Crippen molar-refractivity contribution < 1.29 is 14.7 Å². The number of rotatable bonds is 20. The second kappa shape index (κ2) is 18.2. The molecule has 1 aromatic carbocycles. The fourth-order valence-electron chi connectivity index (χ4n) is 4.98. The van der Waals surface area contributed by atoms with Gasteiger partial charge in [-0.25, -0.2) is 4.68 Å². The maximum atomic E-state index is 12.9. The Morgan fingerprint density at radius 1 is 0.897 bits per heavy atom. The number of carbonyl (C=O) groups excluding carboxylic acids is 1. The first-order valence-electron chi connectivity index (χ1n) is 14.9. The monoisotopic (exact) mass is 539 g/mol. The highest BCUT2D eigenvalue weighted by Gasteiger charge is 2.21. The standard InChI is InChI=1S/C32H49N3O4/c1-4-6-7-8-9-10-11-12-13-14-15-16-17-18-19-27(25-31(37)38)32(39)33-28-20-22-29(23-21-28)35-30(36)24-26(3)34(35)5-2/h17-18,20-24,27H,4-16,19,25H2,1-3H3,(H,33,39)(H,37,38)/b18-17+/t27-/m1/s1. The van der Waals surface area contributed by atoms with E-state index in [2.05, 4.69) is 18.3 Å². The van der Waals surface area contributed by atoms with Crippen LogP contribution >= 0.6 is 0 Å². The molecule has 2 aromatic rings. The molecule has 1 heterocycles. The second-order valence-corrected chi connectivity index (χ2v) is 10.5. The fraction of sp³-hybridized carbons (Fsp3) is 0.594. The van der Waals surface area contributed by atoms with Gasteiger partial charge in [0.25, 0.3) is 5.56 Å². The van der Waals surface area contributed by atoms with Gasteiger partial charge in [0.05, 0.1) is 18.0 Å². The van der Waals surface area contributed by atoms with E-state index in [4.69, 9.17) is 0 Å². The van der Waals surface area contributed by atoms with Crippen LogP contribution in [0.1, 0.15) is 109 Å². The maximum Gasteiger partial charge on any atom is 0.304 e. The van der Waals surface area contributed by atoms with Crippen molar-refractivity contribution in [2.45, 2.75) is 117 Å². The smallest absolute Gasteiger partial charge is 0.304 e. The average molecular weight is 540 g/mol. The number of benzene rings is 1. The van der Waals surface area contributed by atoms with Gasteiger partial charge < -0.3 is 10.4 Å². The zero-order valence-corrected chi connectivity index (χ0v) is 24.3. The lowest BCUT2D eigenvalue weighted by atomic mass is 9.99. The van der Waals surface area contributed by atoms with Gasteiger partial charge in [-0.1, -0.05) is 83.3 Å². The van der Waals surface area contributed by atoms with Crippen LogP contribution in [0, 0.1) is 12.8 Å². The highest BCUT2D eigenvalue weighted by Crippen LogP contribution is 2.18. The summed E-state index contributed by atoms with van der Waals surface area (Å²) in [6.45, 7) is 6.79. The van der Waals surface area contributed by atoms with Gasteiger partial charge >= 0.3 is 5.97 Å². The molecule has 0 saturated heterocycles. The molecule has 1 aromatic heterocycles. The third-order valence-electron chi connectivity index (χ3n) is 7.22. The molecule has 7 heteroatoms. The molecule has 0 saturated carbocycles. The summed E-state index contributed by atoms with van der Waals surface area (Å²) in [5.74, 6) is -1.94. The number of carboxylic acids is 1. The Morgan fingerprint density at radius 3 is 2.05 bits per heavy atom. The number of amides is 1. The van der Waals surface area contributed by atoms with Crippen LogP contribution in [-0.4, -0.2) is 26.3 Å².